The average molecular weight is 292 g/mol. The third kappa shape index (κ3) is 4.45. The Morgan fingerprint density at radius 1 is 1.33 bits per heavy atom. The van der Waals surface area contributed by atoms with E-state index in [-0.39, 0.29) is 0 Å². The molecule has 1 N–H and O–H groups in total. The lowest BCUT2D eigenvalue weighted by atomic mass is 9.97. The first-order valence-electron chi connectivity index (χ1n) is 4.96. The number of carbonyl (C=O) groups is 1. The summed E-state index contributed by atoms with van der Waals surface area (Å²) in [5, 5.41) is -4.92. The summed E-state index contributed by atoms with van der Waals surface area (Å²) in [5.74, 6) is -0.732. The fourth-order valence-electron chi connectivity index (χ4n) is 0.801. The van der Waals surface area contributed by atoms with Crippen molar-refractivity contribution in [2.24, 2.45) is 5.41 Å². The highest BCUT2D eigenvalue weighted by atomic mass is 32.2. The van der Waals surface area contributed by atoms with Crippen molar-refractivity contribution < 1.29 is 35.7 Å². The van der Waals surface area contributed by atoms with E-state index in [2.05, 4.69) is 4.74 Å². The van der Waals surface area contributed by atoms with E-state index in [9.17, 15) is 26.4 Å². The predicted molar refractivity (Wildman–Crippen MR) is 56.4 cm³/mol. The molecule has 5 nitrogen and oxygen atoms in total. The maximum absolute atomic E-state index is 12.9. The lowest BCUT2D eigenvalue weighted by Gasteiger charge is -2.19. The van der Waals surface area contributed by atoms with Gasteiger partial charge in [0.1, 0.15) is 0 Å². The lowest BCUT2D eigenvalue weighted by molar-refractivity contribution is -0.154. The number of esters is 1. The van der Waals surface area contributed by atoms with Crippen LogP contribution in [0.5, 0.6) is 0 Å². The Hall–Kier alpha value is -0.830. The average Bonchev–Trinajstić information content (AvgIpc) is 2.13. The summed E-state index contributed by atoms with van der Waals surface area (Å²) in [7, 11) is -5.83. The largest absolute Gasteiger partial charge is 0.465 e. The number of halogens is 3. The first-order valence-corrected chi connectivity index (χ1v) is 6.40. The van der Waals surface area contributed by atoms with Crippen LogP contribution in [0.1, 0.15) is 27.2 Å². The normalized spacial score (nSPS) is 15.3. The molecular formula is C9H15F3O5S. The minimum Gasteiger partial charge on any atom is -0.465 e. The number of hydrogen-bond acceptors (Lipinski definition) is 4. The monoisotopic (exact) mass is 292 g/mol. The molecule has 0 amide bonds. The van der Waals surface area contributed by atoms with Gasteiger partial charge in [-0.3, -0.25) is 9.35 Å². The van der Waals surface area contributed by atoms with Crippen LogP contribution >= 0.6 is 0 Å². The van der Waals surface area contributed by atoms with Gasteiger partial charge in [0.15, 0.2) is 6.17 Å². The Labute approximate surface area is 103 Å². The molecular weight excluding hydrogens is 277 g/mol. The molecule has 0 aliphatic rings. The summed E-state index contributed by atoms with van der Waals surface area (Å²) in [6.45, 7) is 3.82. The van der Waals surface area contributed by atoms with E-state index in [1.165, 1.54) is 20.8 Å². The quantitative estimate of drug-likeness (QED) is 0.617. The van der Waals surface area contributed by atoms with Crippen LogP contribution < -0.4 is 0 Å². The number of ether oxygens (including phenoxy) is 1. The minimum atomic E-state index is -5.83. The Morgan fingerprint density at radius 3 is 2.11 bits per heavy atom. The van der Waals surface area contributed by atoms with Crippen molar-refractivity contribution in [2.75, 3.05) is 6.61 Å². The minimum absolute atomic E-state index is 0.706. The highest BCUT2D eigenvalue weighted by Crippen LogP contribution is 2.29. The maximum Gasteiger partial charge on any atom is 0.400 e. The van der Waals surface area contributed by atoms with Crippen LogP contribution in [0, 0.1) is 5.41 Å². The van der Waals surface area contributed by atoms with E-state index in [0.717, 1.165) is 0 Å². The first-order chi connectivity index (χ1) is 7.80. The fraction of sp³-hybridized carbons (Fsp3) is 0.889. The molecule has 108 valence electrons. The van der Waals surface area contributed by atoms with Crippen LogP contribution in [0.25, 0.3) is 0 Å². The lowest BCUT2D eigenvalue weighted by Crippen LogP contribution is -2.39. The molecule has 0 spiro atoms. The zero-order valence-corrected chi connectivity index (χ0v) is 10.9. The molecule has 9 heteroatoms. The second-order valence-corrected chi connectivity index (χ2v) is 6.17. The van der Waals surface area contributed by atoms with Crippen molar-refractivity contribution >= 4 is 16.1 Å². The molecule has 0 saturated heterocycles. The molecule has 1 unspecified atom stereocenters. The van der Waals surface area contributed by atoms with Gasteiger partial charge in [0.05, 0.1) is 12.0 Å². The van der Waals surface area contributed by atoms with Gasteiger partial charge in [-0.05, 0) is 20.8 Å². The molecule has 0 fully saturated rings. The van der Waals surface area contributed by atoms with Gasteiger partial charge >= 0.3 is 21.3 Å². The topological polar surface area (TPSA) is 80.7 Å². The van der Waals surface area contributed by atoms with Gasteiger partial charge in [-0.1, -0.05) is 0 Å². The van der Waals surface area contributed by atoms with Crippen molar-refractivity contribution in [3.8, 4) is 0 Å². The van der Waals surface area contributed by atoms with Crippen molar-refractivity contribution in [1.29, 1.82) is 0 Å². The second-order valence-electron chi connectivity index (χ2n) is 4.68. The Bertz CT molecular complexity index is 399. The zero-order chi connectivity index (χ0) is 14.8. The van der Waals surface area contributed by atoms with Gasteiger partial charge < -0.3 is 4.74 Å². The summed E-state index contributed by atoms with van der Waals surface area (Å²) in [6, 6.07) is 0. The van der Waals surface area contributed by atoms with Gasteiger partial charge in [0, 0.05) is 6.42 Å². The third-order valence-corrected chi connectivity index (χ3v) is 2.87. The third-order valence-electron chi connectivity index (χ3n) is 1.93. The Morgan fingerprint density at radius 2 is 1.78 bits per heavy atom. The van der Waals surface area contributed by atoms with Crippen molar-refractivity contribution in [1.82, 2.24) is 0 Å². The molecule has 0 aromatic heterocycles. The number of carbonyl (C=O) groups excluding carboxylic acids is 1. The molecule has 0 aromatic carbocycles. The number of rotatable bonds is 5. The molecule has 0 heterocycles. The van der Waals surface area contributed by atoms with Crippen molar-refractivity contribution in [3.05, 3.63) is 0 Å². The second kappa shape index (κ2) is 5.43. The van der Waals surface area contributed by atoms with Crippen LogP contribution in [-0.4, -0.2) is 37.0 Å². The number of alkyl halides is 3. The van der Waals surface area contributed by atoms with Crippen LogP contribution in [0.15, 0.2) is 0 Å². The predicted octanol–water partition coefficient (Wildman–Crippen LogP) is 1.78. The summed E-state index contributed by atoms with van der Waals surface area (Å²) in [6.07, 6.45) is -4.19. The van der Waals surface area contributed by atoms with E-state index < -0.39 is 46.0 Å². The van der Waals surface area contributed by atoms with E-state index in [4.69, 9.17) is 4.55 Å². The first kappa shape index (κ1) is 17.2. The van der Waals surface area contributed by atoms with E-state index >= 15 is 0 Å². The van der Waals surface area contributed by atoms with Crippen LogP contribution in [-0.2, 0) is 19.6 Å². The smallest absolute Gasteiger partial charge is 0.400 e. The fourth-order valence-corrected chi connectivity index (χ4v) is 1.24. The van der Waals surface area contributed by atoms with Gasteiger partial charge in [0.25, 0.3) is 0 Å². The van der Waals surface area contributed by atoms with Crippen LogP contribution in [0.4, 0.5) is 13.2 Å². The highest BCUT2D eigenvalue weighted by molar-refractivity contribution is 7.86. The molecule has 0 aromatic rings. The van der Waals surface area contributed by atoms with Gasteiger partial charge in [0.2, 0.25) is 0 Å². The SMILES string of the molecule is CC(C)(C)C(=O)OCCC(F)C(F)(F)S(=O)(=O)O. The van der Waals surface area contributed by atoms with Gasteiger partial charge in [-0.2, -0.15) is 17.2 Å². The molecule has 18 heavy (non-hydrogen) atoms. The van der Waals surface area contributed by atoms with Crippen LogP contribution in [0.3, 0.4) is 0 Å². The standard InChI is InChI=1S/C9H15F3O5S/c1-8(2,3)7(13)17-5-4-6(10)9(11,12)18(14,15)16/h6H,4-5H2,1-3H3,(H,14,15,16). The molecule has 0 rings (SSSR count). The molecule has 0 aliphatic carbocycles. The van der Waals surface area contributed by atoms with Gasteiger partial charge in [-0.25, -0.2) is 4.39 Å². The van der Waals surface area contributed by atoms with E-state index in [0.29, 0.717) is 0 Å². The summed E-state index contributed by atoms with van der Waals surface area (Å²) >= 11 is 0. The van der Waals surface area contributed by atoms with E-state index in [1.807, 2.05) is 0 Å². The Balaban J connectivity index is 4.38. The summed E-state index contributed by atoms with van der Waals surface area (Å²) in [5.41, 5.74) is -0.878. The van der Waals surface area contributed by atoms with E-state index in [1.54, 1.807) is 0 Å². The molecule has 0 bridgehead atoms. The summed E-state index contributed by atoms with van der Waals surface area (Å²) < 4.78 is 71.4. The number of hydrogen-bond donors (Lipinski definition) is 1. The van der Waals surface area contributed by atoms with Crippen LogP contribution in [0.2, 0.25) is 0 Å². The molecule has 0 aliphatic heterocycles. The van der Waals surface area contributed by atoms with Crippen molar-refractivity contribution in [2.45, 2.75) is 38.6 Å². The maximum atomic E-state index is 12.9. The molecule has 0 radical (unpaired) electrons. The Kier molecular flexibility index (Phi) is 5.18. The van der Waals surface area contributed by atoms with Crippen molar-refractivity contribution in [3.63, 3.8) is 0 Å². The van der Waals surface area contributed by atoms with Gasteiger partial charge in [-0.15, -0.1) is 0 Å². The summed E-state index contributed by atoms with van der Waals surface area (Å²) in [4.78, 5) is 11.2. The highest BCUT2D eigenvalue weighted by Gasteiger charge is 2.52. The molecule has 1 atom stereocenters. The molecule has 0 saturated carbocycles. The zero-order valence-electron chi connectivity index (χ0n) is 10.1.